The van der Waals surface area contributed by atoms with Gasteiger partial charge in [-0.25, -0.2) is 0 Å². The van der Waals surface area contributed by atoms with E-state index in [2.05, 4.69) is 21.2 Å². The van der Waals surface area contributed by atoms with Gasteiger partial charge in [-0.3, -0.25) is 0 Å². The summed E-state index contributed by atoms with van der Waals surface area (Å²) in [5.41, 5.74) is 8.33. The molecule has 0 amide bonds. The third-order valence-corrected chi connectivity index (χ3v) is 4.12. The van der Waals surface area contributed by atoms with Crippen molar-refractivity contribution in [2.24, 2.45) is 5.73 Å². The van der Waals surface area contributed by atoms with Crippen molar-refractivity contribution in [3.05, 3.63) is 81.6 Å². The van der Waals surface area contributed by atoms with Crippen LogP contribution in [0.25, 0.3) is 5.57 Å². The molecule has 2 aromatic rings. The van der Waals surface area contributed by atoms with Crippen LogP contribution in [-0.4, -0.2) is 0 Å². The summed E-state index contributed by atoms with van der Waals surface area (Å²) in [5.74, 6) is 0.450. The second-order valence-corrected chi connectivity index (χ2v) is 5.92. The molecule has 0 spiro atoms. The van der Waals surface area contributed by atoms with Gasteiger partial charge in [-0.1, -0.05) is 30.3 Å². The number of benzene rings is 2. The number of nitrogens with one attached hydrogen (secondary N) is 1. The van der Waals surface area contributed by atoms with Crippen molar-refractivity contribution in [2.75, 3.05) is 5.32 Å². The summed E-state index contributed by atoms with van der Waals surface area (Å²) in [5, 5.41) is 3.08. The van der Waals surface area contributed by atoms with E-state index in [1.807, 2.05) is 24.3 Å². The van der Waals surface area contributed by atoms with Gasteiger partial charge in [0.05, 0.1) is 5.56 Å². The first-order valence-electron chi connectivity index (χ1n) is 6.77. The molecule has 1 heterocycles. The molecule has 3 rings (SSSR count). The highest BCUT2D eigenvalue weighted by molar-refractivity contribution is 9.12. The fourth-order valence-electron chi connectivity index (χ4n) is 2.46. The maximum Gasteiger partial charge on any atom is 0.416 e. The number of anilines is 1. The third-order valence-electron chi connectivity index (χ3n) is 3.50. The number of nitrogens with two attached hydrogens (primary N) is 1. The monoisotopic (exact) mass is 460 g/mol. The van der Waals surface area contributed by atoms with Crippen LogP contribution in [0.4, 0.5) is 18.9 Å². The minimum atomic E-state index is -4.35. The summed E-state index contributed by atoms with van der Waals surface area (Å²) in [6.45, 7) is 0. The molecule has 0 saturated heterocycles. The van der Waals surface area contributed by atoms with Gasteiger partial charge in [-0.2, -0.15) is 13.2 Å². The van der Waals surface area contributed by atoms with Gasteiger partial charge in [0.15, 0.2) is 0 Å². The summed E-state index contributed by atoms with van der Waals surface area (Å²) < 4.78 is 38.9. The van der Waals surface area contributed by atoms with E-state index < -0.39 is 11.7 Å². The first kappa shape index (κ1) is 18.6. The summed E-state index contributed by atoms with van der Waals surface area (Å²) in [7, 11) is 0. The normalized spacial score (nSPS) is 14.1. The molecule has 24 heavy (non-hydrogen) atoms. The smallest absolute Gasteiger partial charge is 0.385 e. The molecule has 0 atom stereocenters. The van der Waals surface area contributed by atoms with E-state index in [4.69, 9.17) is 5.73 Å². The Balaban J connectivity index is 0.00000208. The van der Waals surface area contributed by atoms with Crippen LogP contribution in [0.5, 0.6) is 0 Å². The highest BCUT2D eigenvalue weighted by Gasteiger charge is 2.30. The summed E-state index contributed by atoms with van der Waals surface area (Å²) in [4.78, 5) is 0. The highest BCUT2D eigenvalue weighted by atomic mass is 79.9. The van der Waals surface area contributed by atoms with Crippen LogP contribution in [0.2, 0.25) is 0 Å². The minimum Gasteiger partial charge on any atom is -0.385 e. The Morgan fingerprint density at radius 3 is 2.21 bits per heavy atom. The Hall–Kier alpha value is -1.73. The molecule has 0 saturated carbocycles. The van der Waals surface area contributed by atoms with Crippen molar-refractivity contribution in [1.82, 2.24) is 0 Å². The van der Waals surface area contributed by atoms with Crippen LogP contribution >= 0.6 is 32.9 Å². The largest absolute Gasteiger partial charge is 0.416 e. The fourth-order valence-corrected chi connectivity index (χ4v) is 3.15. The zero-order chi connectivity index (χ0) is 16.6. The van der Waals surface area contributed by atoms with Gasteiger partial charge >= 0.3 is 6.18 Å². The van der Waals surface area contributed by atoms with Crippen molar-refractivity contribution in [1.29, 1.82) is 0 Å². The molecule has 0 unspecified atom stereocenters. The molecule has 0 radical (unpaired) electrons. The van der Waals surface area contributed by atoms with Gasteiger partial charge in [0.1, 0.15) is 5.82 Å². The lowest BCUT2D eigenvalue weighted by molar-refractivity contribution is -0.137. The molecule has 126 valence electrons. The Bertz CT molecular complexity index is 809. The SMILES string of the molecule is Br.NC1=CC(Br)=C(c2ccc(C(F)(F)F)cc2)c2ccccc2N1. The molecule has 1 aliphatic rings. The van der Waals surface area contributed by atoms with Crippen LogP contribution in [0, 0.1) is 0 Å². The maximum absolute atomic E-state index is 12.7. The van der Waals surface area contributed by atoms with Crippen LogP contribution in [0.3, 0.4) is 0 Å². The van der Waals surface area contributed by atoms with Gasteiger partial charge in [0.25, 0.3) is 0 Å². The molecule has 0 aromatic heterocycles. The zero-order valence-corrected chi connectivity index (χ0v) is 15.5. The molecule has 0 aliphatic carbocycles. The van der Waals surface area contributed by atoms with Gasteiger partial charge in [-0.05, 0) is 45.8 Å². The molecular weight excluding hydrogens is 449 g/mol. The fraction of sp³-hybridized carbons (Fsp3) is 0.0588. The number of halogens is 5. The van der Waals surface area contributed by atoms with Gasteiger partial charge in [-0.15, -0.1) is 17.0 Å². The number of fused-ring (bicyclic) bond motifs is 1. The van der Waals surface area contributed by atoms with E-state index in [9.17, 15) is 13.2 Å². The van der Waals surface area contributed by atoms with Gasteiger partial charge in [0, 0.05) is 21.3 Å². The molecule has 3 N–H and O–H groups in total. The lowest BCUT2D eigenvalue weighted by Crippen LogP contribution is -2.08. The summed E-state index contributed by atoms with van der Waals surface area (Å²) in [6.07, 6.45) is -2.65. The van der Waals surface area contributed by atoms with Crippen LogP contribution in [0.15, 0.2) is 64.9 Å². The van der Waals surface area contributed by atoms with Crippen molar-refractivity contribution in [3.8, 4) is 0 Å². The highest BCUT2D eigenvalue weighted by Crippen LogP contribution is 2.38. The van der Waals surface area contributed by atoms with E-state index in [1.54, 1.807) is 6.08 Å². The van der Waals surface area contributed by atoms with Gasteiger partial charge in [0.2, 0.25) is 0 Å². The molecule has 2 aromatic carbocycles. The second-order valence-electron chi connectivity index (χ2n) is 5.07. The number of hydrogen-bond acceptors (Lipinski definition) is 2. The molecular formula is C17H13Br2F3N2. The lowest BCUT2D eigenvalue weighted by Gasteiger charge is -2.14. The first-order valence-corrected chi connectivity index (χ1v) is 7.56. The predicted molar refractivity (Wildman–Crippen MR) is 99.1 cm³/mol. The van der Waals surface area contributed by atoms with Crippen LogP contribution in [0.1, 0.15) is 16.7 Å². The first-order chi connectivity index (χ1) is 10.9. The van der Waals surface area contributed by atoms with E-state index >= 15 is 0 Å². The molecule has 0 fully saturated rings. The Morgan fingerprint density at radius 1 is 0.958 bits per heavy atom. The van der Waals surface area contributed by atoms with E-state index in [-0.39, 0.29) is 17.0 Å². The van der Waals surface area contributed by atoms with Crippen molar-refractivity contribution >= 4 is 44.2 Å². The standard InChI is InChI=1S/C17H12BrF3N2.BrH/c18-13-9-15(22)23-14-4-2-1-3-12(14)16(13)10-5-7-11(8-6-10)17(19,20)21;/h1-9,23H,22H2;1H. The van der Waals surface area contributed by atoms with E-state index in [0.29, 0.717) is 15.9 Å². The Kier molecular flexibility index (Phi) is 5.45. The second kappa shape index (κ2) is 7.03. The maximum atomic E-state index is 12.7. The molecule has 1 aliphatic heterocycles. The zero-order valence-electron chi connectivity index (χ0n) is 12.2. The summed E-state index contributed by atoms with van der Waals surface area (Å²) in [6, 6.07) is 12.6. The molecule has 7 heteroatoms. The quantitative estimate of drug-likeness (QED) is 0.574. The third kappa shape index (κ3) is 3.67. The van der Waals surface area contributed by atoms with Gasteiger partial charge < -0.3 is 11.1 Å². The van der Waals surface area contributed by atoms with Crippen molar-refractivity contribution in [3.63, 3.8) is 0 Å². The average molecular weight is 462 g/mol. The van der Waals surface area contributed by atoms with E-state index in [0.717, 1.165) is 29.0 Å². The number of para-hydroxylation sites is 1. The number of hydrogen-bond donors (Lipinski definition) is 2. The minimum absolute atomic E-state index is 0. The van der Waals surface area contributed by atoms with Crippen molar-refractivity contribution < 1.29 is 13.2 Å². The van der Waals surface area contributed by atoms with Crippen molar-refractivity contribution in [2.45, 2.75) is 6.18 Å². The topological polar surface area (TPSA) is 38.0 Å². The molecule has 2 nitrogen and oxygen atoms in total. The Morgan fingerprint density at radius 2 is 1.58 bits per heavy atom. The number of rotatable bonds is 1. The lowest BCUT2D eigenvalue weighted by atomic mass is 9.95. The van der Waals surface area contributed by atoms with E-state index in [1.165, 1.54) is 12.1 Å². The number of allylic oxidation sites excluding steroid dienone is 2. The number of alkyl halides is 3. The average Bonchev–Trinajstić information content (AvgIpc) is 2.61. The molecule has 0 bridgehead atoms. The predicted octanol–water partition coefficient (Wildman–Crippen LogP) is 5.66. The van der Waals surface area contributed by atoms with Crippen LogP contribution in [-0.2, 0) is 6.18 Å². The summed E-state index contributed by atoms with van der Waals surface area (Å²) >= 11 is 3.47. The Labute approximate surface area is 156 Å². The van der Waals surface area contributed by atoms with Crippen LogP contribution < -0.4 is 11.1 Å².